The summed E-state index contributed by atoms with van der Waals surface area (Å²) in [7, 11) is 1.72. The number of hydrogen-bond acceptors (Lipinski definition) is 4. The van der Waals surface area contributed by atoms with Crippen LogP contribution in [0.1, 0.15) is 48.6 Å². The van der Waals surface area contributed by atoms with Crippen LogP contribution in [0.15, 0.2) is 34.2 Å². The largest absolute Gasteiger partial charge is 0.355 e. The molecule has 0 saturated heterocycles. The molecule has 2 aromatic rings. The molecule has 0 spiro atoms. The molecule has 0 fully saturated rings. The van der Waals surface area contributed by atoms with Crippen LogP contribution in [0.3, 0.4) is 0 Å². The quantitative estimate of drug-likeness (QED) is 0.407. The van der Waals surface area contributed by atoms with E-state index in [2.05, 4.69) is 17.2 Å². The summed E-state index contributed by atoms with van der Waals surface area (Å²) in [4.78, 5) is 29.4. The number of unbranched alkanes of at least 4 members (excludes halogenated alkanes) is 2. The van der Waals surface area contributed by atoms with E-state index in [1.165, 1.54) is 11.8 Å². The zero-order valence-corrected chi connectivity index (χ0v) is 17.5. The van der Waals surface area contributed by atoms with Gasteiger partial charge in [-0.1, -0.05) is 55.8 Å². The molecule has 2 rings (SSSR count). The molecule has 6 heteroatoms. The normalized spacial score (nSPS) is 10.8. The van der Waals surface area contributed by atoms with Gasteiger partial charge in [0.2, 0.25) is 5.91 Å². The Morgan fingerprint density at radius 2 is 1.96 bits per heavy atom. The van der Waals surface area contributed by atoms with E-state index in [1.807, 2.05) is 38.1 Å². The summed E-state index contributed by atoms with van der Waals surface area (Å²) in [6, 6.07) is 8.07. The lowest BCUT2D eigenvalue weighted by atomic mass is 10.0. The molecule has 0 unspecified atom stereocenters. The van der Waals surface area contributed by atoms with Crippen molar-refractivity contribution in [2.24, 2.45) is 7.05 Å². The van der Waals surface area contributed by atoms with Crippen LogP contribution in [-0.4, -0.2) is 27.8 Å². The van der Waals surface area contributed by atoms with Crippen molar-refractivity contribution >= 4 is 17.7 Å². The van der Waals surface area contributed by atoms with E-state index >= 15 is 0 Å². The maximum atomic E-state index is 12.8. The minimum atomic E-state index is -0.0448. The van der Waals surface area contributed by atoms with Gasteiger partial charge in [0.15, 0.2) is 5.16 Å². The Labute approximate surface area is 165 Å². The standard InChI is InChI=1S/C21H29N3O2S/c1-5-6-9-12-22-19(25)14-27-21-23-16(3)18(20(26)24(21)4)13-17-11-8-7-10-15(17)2/h7-8,10-11H,5-6,9,12-14H2,1-4H3,(H,22,25). The van der Waals surface area contributed by atoms with E-state index in [4.69, 9.17) is 0 Å². The molecule has 1 aromatic heterocycles. The Hall–Kier alpha value is -2.08. The lowest BCUT2D eigenvalue weighted by Gasteiger charge is -2.13. The summed E-state index contributed by atoms with van der Waals surface area (Å²) in [6.07, 6.45) is 3.81. The highest BCUT2D eigenvalue weighted by atomic mass is 32.2. The second kappa shape index (κ2) is 10.3. The Morgan fingerprint density at radius 1 is 1.22 bits per heavy atom. The van der Waals surface area contributed by atoms with Crippen molar-refractivity contribution in [3.8, 4) is 0 Å². The van der Waals surface area contributed by atoms with Gasteiger partial charge in [-0.3, -0.25) is 14.2 Å². The molecule has 0 saturated carbocycles. The molecule has 0 bridgehead atoms. The van der Waals surface area contributed by atoms with Crippen molar-refractivity contribution < 1.29 is 4.79 Å². The van der Waals surface area contributed by atoms with Gasteiger partial charge in [-0.05, 0) is 31.4 Å². The number of carbonyl (C=O) groups is 1. The Bertz CT molecular complexity index is 846. The molecule has 146 valence electrons. The molecule has 0 atom stereocenters. The topological polar surface area (TPSA) is 64.0 Å². The molecule has 0 aliphatic rings. The lowest BCUT2D eigenvalue weighted by molar-refractivity contribution is -0.118. The molecule has 5 nitrogen and oxygen atoms in total. The Morgan fingerprint density at radius 3 is 2.67 bits per heavy atom. The number of aromatic nitrogens is 2. The van der Waals surface area contributed by atoms with Crippen LogP contribution < -0.4 is 10.9 Å². The van der Waals surface area contributed by atoms with Gasteiger partial charge in [0.1, 0.15) is 0 Å². The average Bonchev–Trinajstić information content (AvgIpc) is 2.65. The molecule has 0 radical (unpaired) electrons. The third-order valence-corrected chi connectivity index (χ3v) is 5.64. The minimum absolute atomic E-state index is 0.0213. The van der Waals surface area contributed by atoms with Gasteiger partial charge in [-0.2, -0.15) is 0 Å². The molecule has 1 aromatic carbocycles. The fourth-order valence-corrected chi connectivity index (χ4v) is 3.69. The first-order valence-corrected chi connectivity index (χ1v) is 10.4. The molecule has 1 N–H and O–H groups in total. The highest BCUT2D eigenvalue weighted by Crippen LogP contribution is 2.17. The third kappa shape index (κ3) is 5.96. The number of hydrogen-bond donors (Lipinski definition) is 1. The SMILES string of the molecule is CCCCCNC(=O)CSc1nc(C)c(Cc2ccccc2C)c(=O)n1C. The van der Waals surface area contributed by atoms with Crippen LogP contribution in [0, 0.1) is 13.8 Å². The summed E-state index contributed by atoms with van der Waals surface area (Å²) >= 11 is 1.31. The van der Waals surface area contributed by atoms with E-state index in [0.717, 1.165) is 36.1 Å². The molecule has 0 aliphatic heterocycles. The van der Waals surface area contributed by atoms with Crippen LogP contribution in [0.4, 0.5) is 0 Å². The van der Waals surface area contributed by atoms with E-state index < -0.39 is 0 Å². The molecule has 0 aliphatic carbocycles. The number of aryl methyl sites for hydroxylation is 2. The monoisotopic (exact) mass is 387 g/mol. The van der Waals surface area contributed by atoms with Crippen LogP contribution in [-0.2, 0) is 18.3 Å². The second-order valence-corrected chi connectivity index (χ2v) is 7.71. The van der Waals surface area contributed by atoms with Crippen LogP contribution in [0.5, 0.6) is 0 Å². The maximum Gasteiger partial charge on any atom is 0.257 e. The van der Waals surface area contributed by atoms with Crippen molar-refractivity contribution in [2.75, 3.05) is 12.3 Å². The molecular formula is C21H29N3O2S. The van der Waals surface area contributed by atoms with Gasteiger partial charge in [-0.25, -0.2) is 4.98 Å². The van der Waals surface area contributed by atoms with E-state index in [-0.39, 0.29) is 17.2 Å². The Kier molecular flexibility index (Phi) is 8.10. The number of carbonyl (C=O) groups excluding carboxylic acids is 1. The van der Waals surface area contributed by atoms with Crippen molar-refractivity contribution in [1.82, 2.24) is 14.9 Å². The van der Waals surface area contributed by atoms with E-state index in [1.54, 1.807) is 11.6 Å². The zero-order chi connectivity index (χ0) is 19.8. The Balaban J connectivity index is 2.07. The predicted octanol–water partition coefficient (Wildman–Crippen LogP) is 3.39. The smallest absolute Gasteiger partial charge is 0.257 e. The summed E-state index contributed by atoms with van der Waals surface area (Å²) in [6.45, 7) is 6.75. The van der Waals surface area contributed by atoms with Crippen molar-refractivity contribution in [2.45, 2.75) is 51.6 Å². The highest BCUT2D eigenvalue weighted by Gasteiger charge is 2.14. The average molecular weight is 388 g/mol. The number of nitrogens with one attached hydrogen (secondary N) is 1. The molecule has 1 heterocycles. The summed E-state index contributed by atoms with van der Waals surface area (Å²) in [5, 5.41) is 3.49. The van der Waals surface area contributed by atoms with Crippen molar-refractivity contribution in [3.63, 3.8) is 0 Å². The number of nitrogens with zero attached hydrogens (tertiary/aromatic N) is 2. The lowest BCUT2D eigenvalue weighted by Crippen LogP contribution is -2.28. The van der Waals surface area contributed by atoms with Crippen molar-refractivity contribution in [1.29, 1.82) is 0 Å². The van der Waals surface area contributed by atoms with E-state index in [0.29, 0.717) is 23.7 Å². The van der Waals surface area contributed by atoms with Crippen molar-refractivity contribution in [3.05, 3.63) is 57.0 Å². The van der Waals surface area contributed by atoms with Gasteiger partial charge < -0.3 is 5.32 Å². The number of thioether (sulfide) groups is 1. The number of amides is 1. The van der Waals surface area contributed by atoms with Gasteiger partial charge in [0.25, 0.3) is 5.56 Å². The first kappa shape index (κ1) is 21.2. The molecule has 1 amide bonds. The fraction of sp³-hybridized carbons (Fsp3) is 0.476. The zero-order valence-electron chi connectivity index (χ0n) is 16.7. The summed E-state index contributed by atoms with van der Waals surface area (Å²) in [5.74, 6) is 0.246. The molecular weight excluding hydrogens is 358 g/mol. The fourth-order valence-electron chi connectivity index (χ4n) is 2.85. The first-order valence-electron chi connectivity index (χ1n) is 9.44. The van der Waals surface area contributed by atoms with Gasteiger partial charge in [0, 0.05) is 31.3 Å². The number of benzene rings is 1. The molecule has 27 heavy (non-hydrogen) atoms. The van der Waals surface area contributed by atoms with Gasteiger partial charge in [-0.15, -0.1) is 0 Å². The predicted molar refractivity (Wildman–Crippen MR) is 111 cm³/mol. The summed E-state index contributed by atoms with van der Waals surface area (Å²) in [5.41, 5.74) is 3.69. The van der Waals surface area contributed by atoms with Crippen LogP contribution in [0.2, 0.25) is 0 Å². The summed E-state index contributed by atoms with van der Waals surface area (Å²) < 4.78 is 1.55. The number of rotatable bonds is 9. The van der Waals surface area contributed by atoms with Gasteiger partial charge in [0.05, 0.1) is 5.75 Å². The van der Waals surface area contributed by atoms with Crippen LogP contribution in [0.25, 0.3) is 0 Å². The van der Waals surface area contributed by atoms with E-state index in [9.17, 15) is 9.59 Å². The maximum absolute atomic E-state index is 12.8. The van der Waals surface area contributed by atoms with Crippen LogP contribution >= 0.6 is 11.8 Å². The third-order valence-electron chi connectivity index (χ3n) is 4.61. The first-order chi connectivity index (χ1) is 12.9. The van der Waals surface area contributed by atoms with Gasteiger partial charge >= 0.3 is 0 Å². The minimum Gasteiger partial charge on any atom is -0.355 e. The highest BCUT2D eigenvalue weighted by molar-refractivity contribution is 7.99. The second-order valence-electron chi connectivity index (χ2n) is 6.77.